The lowest BCUT2D eigenvalue weighted by molar-refractivity contribution is -0.143. The van der Waals surface area contributed by atoms with E-state index >= 15 is 0 Å². The van der Waals surface area contributed by atoms with Gasteiger partial charge in [-0.2, -0.15) is 0 Å². The maximum Gasteiger partial charge on any atom is 0.305 e. The molecule has 0 aliphatic carbocycles. The van der Waals surface area contributed by atoms with Crippen LogP contribution in [0.25, 0.3) is 0 Å². The molecule has 0 heterocycles. The molecule has 1 amide bonds. The van der Waals surface area contributed by atoms with Gasteiger partial charge in [0.25, 0.3) is 0 Å². The molecule has 0 aromatic rings. The third-order valence-electron chi connectivity index (χ3n) is 11.0. The highest BCUT2D eigenvalue weighted by molar-refractivity contribution is 5.76. The molecular formula is C49H93NO5. The Kier molecular flexibility index (Phi) is 43.7. The average molecular weight is 776 g/mol. The Morgan fingerprint density at radius 3 is 1.40 bits per heavy atom. The van der Waals surface area contributed by atoms with Crippen LogP contribution in [0.15, 0.2) is 24.3 Å². The summed E-state index contributed by atoms with van der Waals surface area (Å²) < 4.78 is 5.44. The number of aliphatic hydroxyl groups is 2. The lowest BCUT2D eigenvalue weighted by Gasteiger charge is -2.22. The van der Waals surface area contributed by atoms with Crippen LogP contribution in [0.4, 0.5) is 0 Å². The lowest BCUT2D eigenvalue weighted by Crippen LogP contribution is -2.45. The zero-order chi connectivity index (χ0) is 40.1. The maximum absolute atomic E-state index is 12.4. The summed E-state index contributed by atoms with van der Waals surface area (Å²) in [5.41, 5.74) is 0. The van der Waals surface area contributed by atoms with Gasteiger partial charge in [-0.15, -0.1) is 0 Å². The number of carbonyl (C=O) groups is 2. The number of amides is 1. The Morgan fingerprint density at radius 2 is 0.909 bits per heavy atom. The SMILES string of the molecule is CCCCCC/C=C\C/C=C\CCCCCCCC(=O)OCCCCCCCCCCCC(=O)NC(CO)C(O)CCCCCCCCCCCCCCC. The summed E-state index contributed by atoms with van der Waals surface area (Å²) >= 11 is 0. The molecule has 3 N–H and O–H groups in total. The quantitative estimate of drug-likeness (QED) is 0.0325. The number of hydrogen-bond donors (Lipinski definition) is 3. The van der Waals surface area contributed by atoms with Crippen LogP contribution in [0.1, 0.15) is 251 Å². The molecule has 0 saturated heterocycles. The lowest BCUT2D eigenvalue weighted by atomic mass is 10.0. The Hall–Kier alpha value is -1.66. The van der Waals surface area contributed by atoms with Crippen molar-refractivity contribution in [1.29, 1.82) is 0 Å². The van der Waals surface area contributed by atoms with Crippen molar-refractivity contribution in [2.45, 2.75) is 264 Å². The van der Waals surface area contributed by atoms with Gasteiger partial charge >= 0.3 is 5.97 Å². The number of unbranched alkanes of at least 4 members (excludes halogenated alkanes) is 29. The highest BCUT2D eigenvalue weighted by atomic mass is 16.5. The molecule has 0 radical (unpaired) electrons. The number of rotatable bonds is 44. The second-order valence-corrected chi connectivity index (χ2v) is 16.4. The zero-order valence-electron chi connectivity index (χ0n) is 36.7. The molecule has 0 aromatic carbocycles. The number of nitrogens with one attached hydrogen (secondary N) is 1. The number of aliphatic hydroxyl groups excluding tert-OH is 2. The predicted octanol–water partition coefficient (Wildman–Crippen LogP) is 14.0. The van der Waals surface area contributed by atoms with Crippen molar-refractivity contribution in [3.05, 3.63) is 24.3 Å². The summed E-state index contributed by atoms with van der Waals surface area (Å²) in [7, 11) is 0. The summed E-state index contributed by atoms with van der Waals surface area (Å²) in [5.74, 6) is -0.103. The Balaban J connectivity index is 3.51. The third-order valence-corrected chi connectivity index (χ3v) is 11.0. The molecule has 0 aliphatic rings. The average Bonchev–Trinajstić information content (AvgIpc) is 3.18. The van der Waals surface area contributed by atoms with Crippen LogP contribution in [0.3, 0.4) is 0 Å². The van der Waals surface area contributed by atoms with Crippen molar-refractivity contribution in [3.63, 3.8) is 0 Å². The second kappa shape index (κ2) is 45.0. The summed E-state index contributed by atoms with van der Waals surface area (Å²) in [6.45, 7) is 4.86. The standard InChI is InChI=1S/C49H93NO5/c1-3-5-7-9-11-13-15-17-18-19-21-23-27-31-35-39-43-49(54)55-44-40-36-32-28-24-26-30-34-38-42-48(53)50-46(45-51)47(52)41-37-33-29-25-22-20-16-14-12-10-8-6-4-2/h13,15,18-19,46-47,51-52H,3-12,14,16-17,20-45H2,1-2H3,(H,50,53)/b15-13-,19-18-. The number of hydrogen-bond acceptors (Lipinski definition) is 5. The van der Waals surface area contributed by atoms with E-state index in [9.17, 15) is 19.8 Å². The highest BCUT2D eigenvalue weighted by Crippen LogP contribution is 2.15. The van der Waals surface area contributed by atoms with Gasteiger partial charge in [0.05, 0.1) is 25.4 Å². The predicted molar refractivity (Wildman–Crippen MR) is 236 cm³/mol. The van der Waals surface area contributed by atoms with E-state index in [4.69, 9.17) is 4.74 Å². The Bertz CT molecular complexity index is 858. The first-order valence-electron chi connectivity index (χ1n) is 24.1. The van der Waals surface area contributed by atoms with Crippen molar-refractivity contribution in [1.82, 2.24) is 5.32 Å². The first-order chi connectivity index (χ1) is 27.0. The van der Waals surface area contributed by atoms with Crippen LogP contribution in [0.5, 0.6) is 0 Å². The molecule has 55 heavy (non-hydrogen) atoms. The smallest absolute Gasteiger partial charge is 0.305 e. The van der Waals surface area contributed by atoms with Gasteiger partial charge < -0.3 is 20.3 Å². The van der Waals surface area contributed by atoms with Crippen LogP contribution in [0.2, 0.25) is 0 Å². The van der Waals surface area contributed by atoms with E-state index in [2.05, 4.69) is 43.5 Å². The van der Waals surface area contributed by atoms with E-state index < -0.39 is 12.1 Å². The summed E-state index contributed by atoms with van der Waals surface area (Å²) in [5, 5.41) is 23.1. The van der Waals surface area contributed by atoms with Crippen LogP contribution >= 0.6 is 0 Å². The largest absolute Gasteiger partial charge is 0.466 e. The molecule has 0 fully saturated rings. The van der Waals surface area contributed by atoms with Gasteiger partial charge in [0.2, 0.25) is 5.91 Å². The van der Waals surface area contributed by atoms with Gasteiger partial charge in [-0.05, 0) is 57.8 Å². The van der Waals surface area contributed by atoms with Gasteiger partial charge in [-0.3, -0.25) is 9.59 Å². The van der Waals surface area contributed by atoms with Crippen molar-refractivity contribution >= 4 is 11.9 Å². The molecule has 0 rings (SSSR count). The zero-order valence-corrected chi connectivity index (χ0v) is 36.7. The minimum Gasteiger partial charge on any atom is -0.466 e. The Labute approximate surface area is 341 Å². The van der Waals surface area contributed by atoms with E-state index in [-0.39, 0.29) is 18.5 Å². The van der Waals surface area contributed by atoms with Gasteiger partial charge in [-0.1, -0.05) is 205 Å². The van der Waals surface area contributed by atoms with Crippen LogP contribution in [-0.2, 0) is 14.3 Å². The van der Waals surface area contributed by atoms with Crippen LogP contribution in [-0.4, -0.2) is 47.4 Å². The maximum atomic E-state index is 12.4. The fraction of sp³-hybridized carbons (Fsp3) is 0.878. The molecule has 2 unspecified atom stereocenters. The van der Waals surface area contributed by atoms with Gasteiger partial charge in [0.1, 0.15) is 0 Å². The minimum atomic E-state index is -0.681. The van der Waals surface area contributed by atoms with Crippen molar-refractivity contribution in [2.24, 2.45) is 0 Å². The molecule has 0 saturated carbocycles. The van der Waals surface area contributed by atoms with Gasteiger partial charge in [0, 0.05) is 12.8 Å². The number of esters is 1. The topological polar surface area (TPSA) is 95.9 Å². The van der Waals surface area contributed by atoms with Gasteiger partial charge in [0.15, 0.2) is 0 Å². The van der Waals surface area contributed by atoms with Crippen LogP contribution < -0.4 is 5.32 Å². The van der Waals surface area contributed by atoms with E-state index in [1.165, 1.54) is 148 Å². The van der Waals surface area contributed by atoms with Crippen LogP contribution in [0, 0.1) is 0 Å². The second-order valence-electron chi connectivity index (χ2n) is 16.4. The fourth-order valence-corrected chi connectivity index (χ4v) is 7.26. The first kappa shape index (κ1) is 53.3. The van der Waals surface area contributed by atoms with Gasteiger partial charge in [-0.25, -0.2) is 0 Å². The summed E-state index contributed by atoms with van der Waals surface area (Å²) in [4.78, 5) is 24.4. The molecule has 2 atom stereocenters. The molecule has 6 nitrogen and oxygen atoms in total. The monoisotopic (exact) mass is 776 g/mol. The fourth-order valence-electron chi connectivity index (χ4n) is 7.26. The molecule has 0 bridgehead atoms. The molecular weight excluding hydrogens is 683 g/mol. The molecule has 0 spiro atoms. The number of carbonyl (C=O) groups excluding carboxylic acids is 2. The summed E-state index contributed by atoms with van der Waals surface area (Å²) in [6, 6.07) is -0.561. The van der Waals surface area contributed by atoms with E-state index in [0.717, 1.165) is 70.6 Å². The third kappa shape index (κ3) is 41.8. The minimum absolute atomic E-state index is 0.0388. The van der Waals surface area contributed by atoms with Crippen molar-refractivity contribution in [2.75, 3.05) is 13.2 Å². The first-order valence-corrected chi connectivity index (χ1v) is 24.1. The number of allylic oxidation sites excluding steroid dienone is 4. The van der Waals surface area contributed by atoms with E-state index in [1.54, 1.807) is 0 Å². The molecule has 0 aromatic heterocycles. The number of ether oxygens (including phenoxy) is 1. The normalized spacial score (nSPS) is 12.9. The molecule has 324 valence electrons. The summed E-state index contributed by atoms with van der Waals surface area (Å²) in [6.07, 6.45) is 51.3. The van der Waals surface area contributed by atoms with E-state index in [0.29, 0.717) is 25.9 Å². The van der Waals surface area contributed by atoms with Crippen molar-refractivity contribution in [3.8, 4) is 0 Å². The van der Waals surface area contributed by atoms with Crippen molar-refractivity contribution < 1.29 is 24.5 Å². The van der Waals surface area contributed by atoms with E-state index in [1.807, 2.05) is 0 Å². The molecule has 0 aliphatic heterocycles. The molecule has 6 heteroatoms. The Morgan fingerprint density at radius 1 is 0.509 bits per heavy atom. The highest BCUT2D eigenvalue weighted by Gasteiger charge is 2.20.